The maximum absolute atomic E-state index is 12.2. The molecule has 2 rings (SSSR count). The summed E-state index contributed by atoms with van der Waals surface area (Å²) in [6.45, 7) is 5.34. The van der Waals surface area contributed by atoms with Crippen molar-refractivity contribution >= 4 is 23.2 Å². The molecule has 2 heterocycles. The van der Waals surface area contributed by atoms with Gasteiger partial charge in [0.25, 0.3) is 0 Å². The van der Waals surface area contributed by atoms with Crippen LogP contribution in [0.3, 0.4) is 0 Å². The Morgan fingerprint density at radius 2 is 2.23 bits per heavy atom. The standard InChI is InChI=1S/C15H23N3O3S/c1-3-16-15(21)13-6-11(17-14(20)9-19)7-18(13)8-12-5-4-10(2)22-12/h4-5,11,13,19H,3,6-9H2,1-2H3,(H,16,21)(H,17,20)/t11-,13-/m0/s1. The lowest BCUT2D eigenvalue weighted by molar-refractivity contribution is -0.126. The van der Waals surface area contributed by atoms with Gasteiger partial charge < -0.3 is 15.7 Å². The highest BCUT2D eigenvalue weighted by atomic mass is 32.1. The maximum Gasteiger partial charge on any atom is 0.245 e. The summed E-state index contributed by atoms with van der Waals surface area (Å²) in [6, 6.07) is 3.80. The number of likely N-dealkylation sites (tertiary alicyclic amines) is 1. The van der Waals surface area contributed by atoms with Crippen LogP contribution in [0.4, 0.5) is 0 Å². The van der Waals surface area contributed by atoms with Crippen molar-refractivity contribution in [2.75, 3.05) is 19.7 Å². The molecule has 0 spiro atoms. The minimum Gasteiger partial charge on any atom is -0.387 e. The Morgan fingerprint density at radius 3 is 2.82 bits per heavy atom. The summed E-state index contributed by atoms with van der Waals surface area (Å²) in [7, 11) is 0. The molecule has 0 unspecified atom stereocenters. The predicted octanol–water partition coefficient (Wildman–Crippen LogP) is 0.244. The molecular weight excluding hydrogens is 302 g/mol. The lowest BCUT2D eigenvalue weighted by atomic mass is 10.1. The summed E-state index contributed by atoms with van der Waals surface area (Å²) >= 11 is 1.72. The van der Waals surface area contributed by atoms with Gasteiger partial charge in [-0.15, -0.1) is 11.3 Å². The molecule has 1 aromatic rings. The summed E-state index contributed by atoms with van der Waals surface area (Å²) in [4.78, 5) is 28.2. The Hall–Kier alpha value is -1.44. The van der Waals surface area contributed by atoms with Crippen molar-refractivity contribution in [1.82, 2.24) is 15.5 Å². The molecule has 0 saturated carbocycles. The van der Waals surface area contributed by atoms with Gasteiger partial charge in [0.15, 0.2) is 0 Å². The first-order valence-electron chi connectivity index (χ1n) is 7.50. The molecule has 1 aliphatic heterocycles. The summed E-state index contributed by atoms with van der Waals surface area (Å²) in [5.74, 6) is -0.398. The average Bonchev–Trinajstić information content (AvgIpc) is 3.06. The number of nitrogens with one attached hydrogen (secondary N) is 2. The highest BCUT2D eigenvalue weighted by molar-refractivity contribution is 7.11. The molecule has 0 aliphatic carbocycles. The fourth-order valence-electron chi connectivity index (χ4n) is 2.79. The third-order valence-corrected chi connectivity index (χ3v) is 4.71. The number of thiophene rings is 1. The van der Waals surface area contributed by atoms with Gasteiger partial charge in [0.1, 0.15) is 6.61 Å². The number of hydrogen-bond acceptors (Lipinski definition) is 5. The second kappa shape index (κ2) is 7.71. The van der Waals surface area contributed by atoms with Crippen LogP contribution in [0.5, 0.6) is 0 Å². The number of likely N-dealkylation sites (N-methyl/N-ethyl adjacent to an activating group) is 1. The molecule has 6 nitrogen and oxygen atoms in total. The molecule has 0 aromatic carbocycles. The number of nitrogens with zero attached hydrogens (tertiary/aromatic N) is 1. The SMILES string of the molecule is CCNC(=O)[C@@H]1C[C@H](NC(=O)CO)CN1Cc1ccc(C)s1. The van der Waals surface area contributed by atoms with E-state index in [9.17, 15) is 9.59 Å². The van der Waals surface area contributed by atoms with Gasteiger partial charge in [0.05, 0.1) is 6.04 Å². The topological polar surface area (TPSA) is 81.7 Å². The fourth-order valence-corrected chi connectivity index (χ4v) is 3.71. The first kappa shape index (κ1) is 16.9. The van der Waals surface area contributed by atoms with Crippen molar-refractivity contribution < 1.29 is 14.7 Å². The van der Waals surface area contributed by atoms with Gasteiger partial charge in [-0.1, -0.05) is 0 Å². The first-order chi connectivity index (χ1) is 10.5. The zero-order chi connectivity index (χ0) is 16.1. The van der Waals surface area contributed by atoms with E-state index in [1.807, 2.05) is 6.92 Å². The molecule has 1 saturated heterocycles. The van der Waals surface area contributed by atoms with E-state index in [2.05, 4.69) is 34.6 Å². The molecule has 2 atom stereocenters. The summed E-state index contributed by atoms with van der Waals surface area (Å²) < 4.78 is 0. The van der Waals surface area contributed by atoms with Gasteiger partial charge in [-0.05, 0) is 32.4 Å². The van der Waals surface area contributed by atoms with Gasteiger partial charge in [-0.3, -0.25) is 14.5 Å². The van der Waals surface area contributed by atoms with Crippen LogP contribution in [0, 0.1) is 6.92 Å². The van der Waals surface area contributed by atoms with Crippen LogP contribution in [0.2, 0.25) is 0 Å². The smallest absolute Gasteiger partial charge is 0.245 e. The molecule has 7 heteroatoms. The number of hydrogen-bond donors (Lipinski definition) is 3. The number of aryl methyl sites for hydroxylation is 1. The molecule has 0 radical (unpaired) electrons. The van der Waals surface area contributed by atoms with Gasteiger partial charge in [-0.2, -0.15) is 0 Å². The monoisotopic (exact) mass is 325 g/mol. The predicted molar refractivity (Wildman–Crippen MR) is 85.6 cm³/mol. The molecular formula is C15H23N3O3S. The number of carbonyl (C=O) groups excluding carboxylic acids is 2. The lowest BCUT2D eigenvalue weighted by Crippen LogP contribution is -2.42. The summed E-state index contributed by atoms with van der Waals surface area (Å²) in [5.41, 5.74) is 0. The van der Waals surface area contributed by atoms with E-state index in [0.717, 1.165) is 0 Å². The molecule has 3 N–H and O–H groups in total. The van der Waals surface area contributed by atoms with E-state index in [-0.39, 0.29) is 18.0 Å². The number of carbonyl (C=O) groups is 2. The Balaban J connectivity index is 2.05. The van der Waals surface area contributed by atoms with E-state index in [0.29, 0.717) is 26.1 Å². The number of rotatable bonds is 6. The van der Waals surface area contributed by atoms with Crippen LogP contribution in [-0.4, -0.2) is 53.6 Å². The van der Waals surface area contributed by atoms with Crippen molar-refractivity contribution in [1.29, 1.82) is 0 Å². The Labute approximate surface area is 134 Å². The van der Waals surface area contributed by atoms with E-state index < -0.39 is 12.5 Å². The summed E-state index contributed by atoms with van der Waals surface area (Å²) in [6.07, 6.45) is 0.571. The minimum atomic E-state index is -0.521. The van der Waals surface area contributed by atoms with Crippen LogP contribution >= 0.6 is 11.3 Å². The zero-order valence-corrected chi connectivity index (χ0v) is 13.8. The van der Waals surface area contributed by atoms with Crippen molar-refractivity contribution in [3.8, 4) is 0 Å². The third-order valence-electron chi connectivity index (χ3n) is 3.72. The molecule has 0 bridgehead atoms. The van der Waals surface area contributed by atoms with Crippen molar-refractivity contribution in [3.05, 3.63) is 21.9 Å². The van der Waals surface area contributed by atoms with Crippen molar-refractivity contribution in [2.45, 2.75) is 38.9 Å². The highest BCUT2D eigenvalue weighted by Crippen LogP contribution is 2.24. The fraction of sp³-hybridized carbons (Fsp3) is 0.600. The lowest BCUT2D eigenvalue weighted by Gasteiger charge is -2.22. The molecule has 122 valence electrons. The Morgan fingerprint density at radius 1 is 1.45 bits per heavy atom. The normalized spacial score (nSPS) is 21.8. The number of aliphatic hydroxyl groups excluding tert-OH is 1. The quantitative estimate of drug-likeness (QED) is 0.700. The third kappa shape index (κ3) is 4.28. The van der Waals surface area contributed by atoms with E-state index in [4.69, 9.17) is 5.11 Å². The maximum atomic E-state index is 12.2. The van der Waals surface area contributed by atoms with Crippen LogP contribution in [-0.2, 0) is 16.1 Å². The average molecular weight is 325 g/mol. The van der Waals surface area contributed by atoms with E-state index in [1.165, 1.54) is 9.75 Å². The van der Waals surface area contributed by atoms with E-state index in [1.54, 1.807) is 11.3 Å². The molecule has 2 amide bonds. The van der Waals surface area contributed by atoms with Gasteiger partial charge in [0.2, 0.25) is 11.8 Å². The van der Waals surface area contributed by atoms with Gasteiger partial charge in [-0.25, -0.2) is 0 Å². The number of aliphatic hydroxyl groups is 1. The largest absolute Gasteiger partial charge is 0.387 e. The van der Waals surface area contributed by atoms with E-state index >= 15 is 0 Å². The zero-order valence-electron chi connectivity index (χ0n) is 13.0. The number of amides is 2. The molecule has 22 heavy (non-hydrogen) atoms. The van der Waals surface area contributed by atoms with Crippen LogP contribution in [0.1, 0.15) is 23.1 Å². The molecule has 1 aromatic heterocycles. The van der Waals surface area contributed by atoms with Gasteiger partial charge in [0, 0.05) is 35.4 Å². The Bertz CT molecular complexity index is 532. The van der Waals surface area contributed by atoms with Crippen molar-refractivity contribution in [2.24, 2.45) is 0 Å². The molecule has 1 fully saturated rings. The Kier molecular flexibility index (Phi) is 5.93. The highest BCUT2D eigenvalue weighted by Gasteiger charge is 2.37. The van der Waals surface area contributed by atoms with Crippen LogP contribution < -0.4 is 10.6 Å². The van der Waals surface area contributed by atoms with Gasteiger partial charge >= 0.3 is 0 Å². The molecule has 1 aliphatic rings. The second-order valence-electron chi connectivity index (χ2n) is 5.51. The second-order valence-corrected chi connectivity index (χ2v) is 6.88. The van der Waals surface area contributed by atoms with Crippen LogP contribution in [0.25, 0.3) is 0 Å². The van der Waals surface area contributed by atoms with Crippen LogP contribution in [0.15, 0.2) is 12.1 Å². The minimum absolute atomic E-state index is 0.00322. The first-order valence-corrected chi connectivity index (χ1v) is 8.32. The van der Waals surface area contributed by atoms with Crippen molar-refractivity contribution in [3.63, 3.8) is 0 Å². The summed E-state index contributed by atoms with van der Waals surface area (Å²) in [5, 5.41) is 14.5.